The molecule has 0 aromatic carbocycles. The number of ether oxygens (including phenoxy) is 1. The number of rotatable bonds is 9. The van der Waals surface area contributed by atoms with Crippen LogP contribution < -0.4 is 0 Å². The zero-order chi connectivity index (χ0) is 15.1. The summed E-state index contributed by atoms with van der Waals surface area (Å²) in [5.74, 6) is -0.934. The number of aliphatic carboxylic acids is 1. The monoisotopic (exact) mass is 274 g/mol. The van der Waals surface area contributed by atoms with Crippen LogP contribution in [0.15, 0.2) is 0 Å². The molecule has 0 bridgehead atoms. The summed E-state index contributed by atoms with van der Waals surface area (Å²) in [6.45, 7) is 7.56. The molecule has 0 rings (SSSR count). The van der Waals surface area contributed by atoms with Crippen molar-refractivity contribution in [3.05, 3.63) is 0 Å². The predicted octanol–water partition coefficient (Wildman–Crippen LogP) is 1.91. The van der Waals surface area contributed by atoms with Crippen LogP contribution in [0.25, 0.3) is 0 Å². The molecule has 0 aliphatic heterocycles. The lowest BCUT2D eigenvalue weighted by Gasteiger charge is -2.30. The normalized spacial score (nSPS) is 12.3. The quantitative estimate of drug-likeness (QED) is 0.515. The third-order valence-electron chi connectivity index (χ3n) is 3.52. The van der Waals surface area contributed by atoms with Crippen molar-refractivity contribution in [3.8, 4) is 0 Å². The van der Waals surface area contributed by atoms with Gasteiger partial charge in [-0.3, -0.25) is 9.59 Å². The summed E-state index contributed by atoms with van der Waals surface area (Å²) in [5.41, 5.74) is -0.430. The van der Waals surface area contributed by atoms with Gasteiger partial charge in [-0.25, -0.2) is 0 Å². The molecule has 0 heterocycles. The first-order valence-corrected chi connectivity index (χ1v) is 6.82. The maximum absolute atomic E-state index is 11.8. The highest BCUT2D eigenvalue weighted by Crippen LogP contribution is 2.21. The van der Waals surface area contributed by atoms with Gasteiger partial charge in [0.05, 0.1) is 32.5 Å². The Kier molecular flexibility index (Phi) is 7.05. The van der Waals surface area contributed by atoms with Crippen LogP contribution in [0.3, 0.4) is 0 Å². The molecule has 0 aromatic rings. The second-order valence-electron chi connectivity index (χ2n) is 6.25. The van der Waals surface area contributed by atoms with Gasteiger partial charge in [0, 0.05) is 6.42 Å². The van der Waals surface area contributed by atoms with Crippen LogP contribution in [0, 0.1) is 5.41 Å². The predicted molar refractivity (Wildman–Crippen MR) is 73.7 cm³/mol. The van der Waals surface area contributed by atoms with E-state index in [9.17, 15) is 9.59 Å². The van der Waals surface area contributed by atoms with Crippen LogP contribution in [0.5, 0.6) is 0 Å². The van der Waals surface area contributed by atoms with E-state index in [4.69, 9.17) is 9.84 Å². The van der Waals surface area contributed by atoms with Gasteiger partial charge in [-0.1, -0.05) is 6.92 Å². The zero-order valence-electron chi connectivity index (χ0n) is 12.9. The Morgan fingerprint density at radius 1 is 1.21 bits per heavy atom. The molecule has 5 heteroatoms. The van der Waals surface area contributed by atoms with E-state index >= 15 is 0 Å². The molecule has 5 nitrogen and oxygen atoms in total. The number of carbonyl (C=O) groups excluding carboxylic acids is 1. The largest absolute Gasteiger partial charge is 0.481 e. The lowest BCUT2D eigenvalue weighted by Crippen LogP contribution is -2.44. The van der Waals surface area contributed by atoms with Crippen LogP contribution in [0.2, 0.25) is 0 Å². The first-order chi connectivity index (χ1) is 8.60. The number of nitrogens with zero attached hydrogens (tertiary/aromatic N) is 1. The van der Waals surface area contributed by atoms with E-state index in [1.807, 2.05) is 34.9 Å². The Bertz CT molecular complexity index is 311. The smallest absolute Gasteiger partial charge is 0.311 e. The number of carbonyl (C=O) groups is 2. The summed E-state index contributed by atoms with van der Waals surface area (Å²) in [4.78, 5) is 22.2. The first kappa shape index (κ1) is 17.9. The number of hydrogen-bond donors (Lipinski definition) is 1. The lowest BCUT2D eigenvalue weighted by atomic mass is 9.91. The second-order valence-corrected chi connectivity index (χ2v) is 6.25. The Hall–Kier alpha value is -1.10. The molecule has 0 saturated heterocycles. The fourth-order valence-electron chi connectivity index (χ4n) is 1.50. The van der Waals surface area contributed by atoms with E-state index in [1.54, 1.807) is 0 Å². The minimum Gasteiger partial charge on any atom is -0.481 e. The third kappa shape index (κ3) is 7.82. The molecule has 0 aliphatic carbocycles. The molecular formula is C14H28NO4+. The van der Waals surface area contributed by atoms with E-state index in [2.05, 4.69) is 0 Å². The van der Waals surface area contributed by atoms with E-state index in [0.29, 0.717) is 24.1 Å². The lowest BCUT2D eigenvalue weighted by molar-refractivity contribution is -0.890. The van der Waals surface area contributed by atoms with Crippen molar-refractivity contribution in [2.75, 3.05) is 33.8 Å². The minimum atomic E-state index is -0.767. The van der Waals surface area contributed by atoms with E-state index in [0.717, 1.165) is 13.0 Å². The number of likely N-dealkylation sites (N-methyl/N-ethyl adjacent to an activating group) is 1. The van der Waals surface area contributed by atoms with Crippen LogP contribution in [-0.4, -0.2) is 55.3 Å². The summed E-state index contributed by atoms with van der Waals surface area (Å²) in [6, 6.07) is 0. The van der Waals surface area contributed by atoms with Gasteiger partial charge in [0.25, 0.3) is 0 Å². The van der Waals surface area contributed by atoms with Crippen molar-refractivity contribution in [3.63, 3.8) is 0 Å². The summed E-state index contributed by atoms with van der Waals surface area (Å²) in [7, 11) is 4.03. The van der Waals surface area contributed by atoms with Crippen molar-refractivity contribution in [1.82, 2.24) is 0 Å². The summed E-state index contributed by atoms with van der Waals surface area (Å²) in [6.07, 6.45) is 1.57. The van der Waals surface area contributed by atoms with Crippen LogP contribution in [0.1, 0.15) is 40.0 Å². The van der Waals surface area contributed by atoms with Gasteiger partial charge in [0.1, 0.15) is 13.2 Å². The van der Waals surface area contributed by atoms with Crippen molar-refractivity contribution in [1.29, 1.82) is 0 Å². The van der Waals surface area contributed by atoms with Crippen molar-refractivity contribution < 1.29 is 23.9 Å². The summed E-state index contributed by atoms with van der Waals surface area (Å²) < 4.78 is 5.95. The molecule has 0 atom stereocenters. The zero-order valence-corrected chi connectivity index (χ0v) is 12.9. The average Bonchev–Trinajstić information content (AvgIpc) is 2.27. The van der Waals surface area contributed by atoms with Gasteiger partial charge in [-0.05, 0) is 20.3 Å². The van der Waals surface area contributed by atoms with E-state index < -0.39 is 11.4 Å². The highest BCUT2D eigenvalue weighted by Gasteiger charge is 2.27. The van der Waals surface area contributed by atoms with Crippen LogP contribution in [0.4, 0.5) is 0 Å². The van der Waals surface area contributed by atoms with Crippen LogP contribution in [-0.2, 0) is 14.3 Å². The molecular weight excluding hydrogens is 246 g/mol. The van der Waals surface area contributed by atoms with Crippen molar-refractivity contribution in [2.24, 2.45) is 5.41 Å². The van der Waals surface area contributed by atoms with Crippen molar-refractivity contribution in [2.45, 2.75) is 40.0 Å². The molecule has 0 aliphatic rings. The maximum atomic E-state index is 11.8. The van der Waals surface area contributed by atoms with Gasteiger partial charge < -0.3 is 14.3 Å². The first-order valence-electron chi connectivity index (χ1n) is 6.82. The van der Waals surface area contributed by atoms with Crippen LogP contribution >= 0.6 is 0 Å². The van der Waals surface area contributed by atoms with E-state index in [-0.39, 0.29) is 12.4 Å². The van der Waals surface area contributed by atoms with Gasteiger partial charge in [-0.15, -0.1) is 0 Å². The fraction of sp³-hybridized carbons (Fsp3) is 0.857. The highest BCUT2D eigenvalue weighted by molar-refractivity contribution is 5.75. The Balaban J connectivity index is 3.98. The second kappa shape index (κ2) is 7.48. The topological polar surface area (TPSA) is 63.6 Å². The van der Waals surface area contributed by atoms with Gasteiger partial charge >= 0.3 is 11.9 Å². The fourth-order valence-corrected chi connectivity index (χ4v) is 1.50. The minimum absolute atomic E-state index is 0.166. The SMILES string of the molecule is CCC(C)(C)C(=O)OCC[N+](C)(C)CCCC(=O)O. The molecule has 1 N–H and O–H groups in total. The van der Waals surface area contributed by atoms with Gasteiger partial charge in [-0.2, -0.15) is 0 Å². The standard InChI is InChI=1S/C14H27NO4/c1-6-14(2,3)13(18)19-11-10-15(4,5)9-7-8-12(16)17/h6-11H2,1-5H3/p+1. The van der Waals surface area contributed by atoms with Gasteiger partial charge in [0.15, 0.2) is 0 Å². The van der Waals surface area contributed by atoms with E-state index in [1.165, 1.54) is 0 Å². The molecule has 0 saturated carbocycles. The number of esters is 1. The molecule has 0 radical (unpaired) electrons. The third-order valence-corrected chi connectivity index (χ3v) is 3.52. The Morgan fingerprint density at radius 3 is 2.26 bits per heavy atom. The highest BCUT2D eigenvalue weighted by atomic mass is 16.5. The number of carboxylic acids is 1. The summed E-state index contributed by atoms with van der Waals surface area (Å²) in [5, 5.41) is 8.60. The molecule has 19 heavy (non-hydrogen) atoms. The number of quaternary nitrogens is 1. The van der Waals surface area contributed by atoms with Gasteiger partial charge in [0.2, 0.25) is 0 Å². The Morgan fingerprint density at radius 2 is 1.79 bits per heavy atom. The molecule has 0 amide bonds. The Labute approximate surface area is 116 Å². The van der Waals surface area contributed by atoms with Crippen molar-refractivity contribution >= 4 is 11.9 Å². The summed E-state index contributed by atoms with van der Waals surface area (Å²) >= 11 is 0. The number of hydrogen-bond acceptors (Lipinski definition) is 3. The molecule has 0 fully saturated rings. The maximum Gasteiger partial charge on any atom is 0.311 e. The number of carboxylic acid groups (broad SMARTS) is 1. The average molecular weight is 274 g/mol. The molecule has 112 valence electrons. The molecule has 0 aromatic heterocycles. The molecule has 0 unspecified atom stereocenters. The molecule has 0 spiro atoms.